The molecule has 1 aromatic rings. The zero-order chi connectivity index (χ0) is 14.8. The molecule has 0 bridgehead atoms. The van der Waals surface area contributed by atoms with Crippen molar-refractivity contribution >= 4 is 19.0 Å². The zero-order valence-electron chi connectivity index (χ0n) is 13.4. The first-order valence-corrected chi connectivity index (χ1v) is 9.59. The van der Waals surface area contributed by atoms with Crippen LogP contribution in [0, 0.1) is 0 Å². The average molecular weight is 276 g/mol. The molecular weight excluding hydrogens is 248 g/mol. The molecule has 0 unspecified atom stereocenters. The van der Waals surface area contributed by atoms with Crippen LogP contribution in [0.25, 0.3) is 0 Å². The Bertz CT molecular complexity index is 407. The van der Waals surface area contributed by atoms with Crippen LogP contribution >= 0.6 is 0 Å². The fourth-order valence-electron chi connectivity index (χ4n) is 3.99. The summed E-state index contributed by atoms with van der Waals surface area (Å²) in [5.41, 5.74) is 2.94. The van der Waals surface area contributed by atoms with E-state index in [1.165, 1.54) is 5.19 Å². The Morgan fingerprint density at radius 1 is 0.842 bits per heavy atom. The second kappa shape index (κ2) is 6.04. The summed E-state index contributed by atoms with van der Waals surface area (Å²) < 4.78 is 0. The van der Waals surface area contributed by atoms with Gasteiger partial charge in [0, 0.05) is 5.56 Å². The van der Waals surface area contributed by atoms with Crippen LogP contribution < -0.4 is 5.19 Å². The highest BCUT2D eigenvalue weighted by molar-refractivity contribution is 6.95. The van der Waals surface area contributed by atoms with Gasteiger partial charge in [0.25, 0.3) is 0 Å². The zero-order valence-corrected chi connectivity index (χ0v) is 14.4. The van der Waals surface area contributed by atoms with Gasteiger partial charge >= 0.3 is 0 Å². The van der Waals surface area contributed by atoms with Gasteiger partial charge in [-0.25, -0.2) is 0 Å². The molecular formula is C17H28OSi. The smallest absolute Gasteiger partial charge is 0.159 e. The van der Waals surface area contributed by atoms with E-state index in [4.69, 9.17) is 0 Å². The lowest BCUT2D eigenvalue weighted by atomic mass is 10.2. The maximum absolute atomic E-state index is 11.4. The maximum atomic E-state index is 11.4. The Kier molecular flexibility index (Phi) is 5.14. The molecule has 1 nitrogen and oxygen atoms in total. The van der Waals surface area contributed by atoms with Crippen LogP contribution in [0.2, 0.25) is 16.6 Å². The first kappa shape index (κ1) is 16.2. The minimum absolute atomic E-state index is 0.150. The van der Waals surface area contributed by atoms with E-state index in [2.05, 4.69) is 53.7 Å². The molecule has 0 heterocycles. The highest BCUT2D eigenvalue weighted by atomic mass is 28.3. The number of hydrogen-bond donors (Lipinski definition) is 0. The molecule has 0 amide bonds. The minimum Gasteiger partial charge on any atom is -0.295 e. The van der Waals surface area contributed by atoms with Gasteiger partial charge in [0.05, 0.1) is 8.07 Å². The predicted octanol–water partition coefficient (Wildman–Crippen LogP) is 4.78. The van der Waals surface area contributed by atoms with Crippen molar-refractivity contribution in [1.82, 2.24) is 0 Å². The first-order chi connectivity index (χ1) is 8.74. The third-order valence-corrected chi connectivity index (χ3v) is 11.7. The monoisotopic (exact) mass is 276 g/mol. The summed E-state index contributed by atoms with van der Waals surface area (Å²) in [6, 6.07) is 8.44. The predicted molar refractivity (Wildman–Crippen MR) is 87.1 cm³/mol. The molecule has 0 aromatic heterocycles. The van der Waals surface area contributed by atoms with Gasteiger partial charge in [-0.2, -0.15) is 0 Å². The summed E-state index contributed by atoms with van der Waals surface area (Å²) in [6.45, 7) is 15.8. The van der Waals surface area contributed by atoms with Crippen LogP contribution in [0.3, 0.4) is 0 Å². The molecule has 1 aromatic carbocycles. The normalized spacial score (nSPS) is 12.5. The van der Waals surface area contributed by atoms with E-state index in [1.54, 1.807) is 6.92 Å². The second-order valence-electron chi connectivity index (χ2n) is 6.53. The Morgan fingerprint density at radius 3 is 1.47 bits per heavy atom. The van der Waals surface area contributed by atoms with Crippen molar-refractivity contribution in [2.45, 2.75) is 65.1 Å². The molecule has 0 radical (unpaired) electrons. The van der Waals surface area contributed by atoms with Crippen LogP contribution in [0.15, 0.2) is 24.3 Å². The van der Waals surface area contributed by atoms with Gasteiger partial charge in [-0.05, 0) is 23.5 Å². The minimum atomic E-state index is -1.57. The molecule has 0 saturated heterocycles. The van der Waals surface area contributed by atoms with Crippen LogP contribution in [0.4, 0.5) is 0 Å². The molecule has 0 aliphatic carbocycles. The number of ketones is 1. The molecule has 0 saturated carbocycles. The number of Topliss-reactive ketones (excluding diaryl/α,β-unsaturated/α-hetero) is 1. The van der Waals surface area contributed by atoms with E-state index >= 15 is 0 Å². The van der Waals surface area contributed by atoms with Crippen LogP contribution in [-0.4, -0.2) is 13.9 Å². The molecule has 0 aliphatic heterocycles. The van der Waals surface area contributed by atoms with Crippen LogP contribution in [-0.2, 0) is 0 Å². The van der Waals surface area contributed by atoms with E-state index in [-0.39, 0.29) is 5.78 Å². The second-order valence-corrected chi connectivity index (χ2v) is 12.4. The van der Waals surface area contributed by atoms with E-state index in [9.17, 15) is 4.79 Å². The lowest BCUT2D eigenvalue weighted by Gasteiger charge is -2.43. The van der Waals surface area contributed by atoms with Gasteiger partial charge < -0.3 is 0 Å². The summed E-state index contributed by atoms with van der Waals surface area (Å²) in [7, 11) is -1.57. The molecule has 2 heteroatoms. The summed E-state index contributed by atoms with van der Waals surface area (Å²) in [5, 5.41) is 1.50. The molecule has 0 fully saturated rings. The van der Waals surface area contributed by atoms with E-state index in [0.717, 1.165) is 5.56 Å². The lowest BCUT2D eigenvalue weighted by molar-refractivity contribution is 0.101. The average Bonchev–Trinajstić information content (AvgIpc) is 2.28. The van der Waals surface area contributed by atoms with Crippen molar-refractivity contribution in [3.8, 4) is 0 Å². The molecule has 0 aliphatic rings. The quantitative estimate of drug-likeness (QED) is 0.559. The highest BCUT2D eigenvalue weighted by Gasteiger charge is 2.44. The largest absolute Gasteiger partial charge is 0.295 e. The van der Waals surface area contributed by atoms with Crippen LogP contribution in [0.1, 0.15) is 58.8 Å². The number of carbonyl (C=O) groups is 1. The molecule has 19 heavy (non-hydrogen) atoms. The van der Waals surface area contributed by atoms with E-state index in [0.29, 0.717) is 16.6 Å². The van der Waals surface area contributed by atoms with E-state index in [1.807, 2.05) is 12.1 Å². The topological polar surface area (TPSA) is 17.1 Å². The molecule has 1 rings (SSSR count). The van der Waals surface area contributed by atoms with Gasteiger partial charge in [-0.1, -0.05) is 71.0 Å². The molecule has 0 spiro atoms. The van der Waals surface area contributed by atoms with Crippen molar-refractivity contribution < 1.29 is 4.79 Å². The number of benzene rings is 1. The lowest BCUT2D eigenvalue weighted by Crippen LogP contribution is -2.55. The van der Waals surface area contributed by atoms with Crippen molar-refractivity contribution in [3.63, 3.8) is 0 Å². The summed E-state index contributed by atoms with van der Waals surface area (Å²) in [6.07, 6.45) is 0. The molecule has 106 valence electrons. The third-order valence-electron chi connectivity index (χ3n) is 4.66. The Balaban J connectivity index is 3.37. The van der Waals surface area contributed by atoms with Crippen molar-refractivity contribution in [2.75, 3.05) is 0 Å². The molecule has 0 N–H and O–H groups in total. The van der Waals surface area contributed by atoms with Gasteiger partial charge in [-0.15, -0.1) is 0 Å². The molecule has 0 atom stereocenters. The Hall–Kier alpha value is -0.893. The summed E-state index contributed by atoms with van der Waals surface area (Å²) >= 11 is 0. The number of hydrogen-bond acceptors (Lipinski definition) is 1. The first-order valence-electron chi connectivity index (χ1n) is 7.36. The van der Waals surface area contributed by atoms with Crippen molar-refractivity contribution in [3.05, 3.63) is 29.8 Å². The SMILES string of the molecule is CC(=O)c1ccc([Si](C(C)C)(C(C)C)C(C)C)cc1. The van der Waals surface area contributed by atoms with Gasteiger partial charge in [0.2, 0.25) is 0 Å². The Morgan fingerprint density at radius 2 is 1.21 bits per heavy atom. The van der Waals surface area contributed by atoms with E-state index < -0.39 is 8.07 Å². The maximum Gasteiger partial charge on any atom is 0.159 e. The fourth-order valence-corrected chi connectivity index (χ4v) is 10.7. The third kappa shape index (κ3) is 2.84. The number of rotatable bonds is 5. The van der Waals surface area contributed by atoms with Gasteiger partial charge in [0.15, 0.2) is 5.78 Å². The van der Waals surface area contributed by atoms with Gasteiger partial charge in [0.1, 0.15) is 0 Å². The van der Waals surface area contributed by atoms with Gasteiger partial charge in [-0.3, -0.25) is 4.79 Å². The summed E-state index contributed by atoms with van der Waals surface area (Å²) in [4.78, 5) is 11.4. The highest BCUT2D eigenvalue weighted by Crippen LogP contribution is 2.40. The summed E-state index contributed by atoms with van der Waals surface area (Å²) in [5.74, 6) is 0.150. The number of carbonyl (C=O) groups excluding carboxylic acids is 1. The Labute approximate surface area is 119 Å². The van der Waals surface area contributed by atoms with Crippen molar-refractivity contribution in [2.24, 2.45) is 0 Å². The standard InChI is InChI=1S/C17H28OSi/c1-12(2)19(13(3)4,14(5)6)17-10-8-16(9-11-17)15(7)18/h8-14H,1-7H3. The van der Waals surface area contributed by atoms with Crippen molar-refractivity contribution in [1.29, 1.82) is 0 Å². The van der Waals surface area contributed by atoms with Crippen LogP contribution in [0.5, 0.6) is 0 Å². The fraction of sp³-hybridized carbons (Fsp3) is 0.588.